The van der Waals surface area contributed by atoms with Crippen molar-refractivity contribution in [3.63, 3.8) is 0 Å². The SMILES string of the molecule is CCOC(=O)C=CCOc1cn(C(C)C)c2cc(NC3CCCCC3)c(F)cc2c1=O. The molecule has 0 atom stereocenters. The highest BCUT2D eigenvalue weighted by Gasteiger charge is 2.18. The largest absolute Gasteiger partial charge is 0.484 e. The van der Waals surface area contributed by atoms with Crippen molar-refractivity contribution in [2.45, 2.75) is 65.0 Å². The molecule has 0 unspecified atom stereocenters. The van der Waals surface area contributed by atoms with Crippen molar-refractivity contribution < 1.29 is 18.7 Å². The third-order valence-corrected chi connectivity index (χ3v) is 5.49. The lowest BCUT2D eigenvalue weighted by molar-refractivity contribution is -0.137. The molecule has 6 nitrogen and oxygen atoms in total. The maximum atomic E-state index is 14.9. The first-order valence-corrected chi connectivity index (χ1v) is 11.0. The van der Waals surface area contributed by atoms with Crippen molar-refractivity contribution in [3.05, 3.63) is 46.5 Å². The molecule has 1 aromatic carbocycles. The zero-order valence-electron chi connectivity index (χ0n) is 18.4. The summed E-state index contributed by atoms with van der Waals surface area (Å²) in [5, 5.41) is 3.60. The molecular weight excluding hydrogens is 399 g/mol. The molecule has 168 valence electrons. The first-order valence-electron chi connectivity index (χ1n) is 11.0. The van der Waals surface area contributed by atoms with E-state index in [1.54, 1.807) is 19.2 Å². The second kappa shape index (κ2) is 10.5. The summed E-state index contributed by atoms with van der Waals surface area (Å²) in [6.07, 6.45) is 9.97. The van der Waals surface area contributed by atoms with Crippen LogP contribution in [0.5, 0.6) is 5.75 Å². The molecule has 1 aliphatic rings. The number of anilines is 1. The van der Waals surface area contributed by atoms with Gasteiger partial charge in [0.25, 0.3) is 0 Å². The minimum atomic E-state index is -0.468. The van der Waals surface area contributed by atoms with E-state index in [0.717, 1.165) is 25.7 Å². The summed E-state index contributed by atoms with van der Waals surface area (Å²) in [6, 6.07) is 3.32. The Kier molecular flexibility index (Phi) is 7.71. The van der Waals surface area contributed by atoms with Crippen molar-refractivity contribution >= 4 is 22.6 Å². The molecule has 2 aromatic rings. The number of nitrogens with zero attached hydrogens (tertiary/aromatic N) is 1. The minimum absolute atomic E-state index is 0.0292. The Balaban J connectivity index is 1.90. The molecule has 1 aliphatic carbocycles. The number of ether oxygens (including phenoxy) is 2. The number of fused-ring (bicyclic) bond motifs is 1. The monoisotopic (exact) mass is 430 g/mol. The van der Waals surface area contributed by atoms with Crippen LogP contribution in [-0.2, 0) is 9.53 Å². The van der Waals surface area contributed by atoms with Gasteiger partial charge in [-0.2, -0.15) is 0 Å². The lowest BCUT2D eigenvalue weighted by Gasteiger charge is -2.25. The number of carbonyl (C=O) groups excluding carboxylic acids is 1. The number of hydrogen-bond acceptors (Lipinski definition) is 5. The highest BCUT2D eigenvalue weighted by atomic mass is 19.1. The molecule has 31 heavy (non-hydrogen) atoms. The summed E-state index contributed by atoms with van der Waals surface area (Å²) in [5.74, 6) is -0.795. The minimum Gasteiger partial charge on any atom is -0.484 e. The fourth-order valence-corrected chi connectivity index (χ4v) is 3.92. The quantitative estimate of drug-likeness (QED) is 0.473. The molecule has 0 spiro atoms. The van der Waals surface area contributed by atoms with Crippen LogP contribution < -0.4 is 15.5 Å². The van der Waals surface area contributed by atoms with Gasteiger partial charge in [0.1, 0.15) is 12.4 Å². The van der Waals surface area contributed by atoms with Crippen molar-refractivity contribution in [2.75, 3.05) is 18.5 Å². The van der Waals surface area contributed by atoms with E-state index in [2.05, 4.69) is 5.32 Å². The van der Waals surface area contributed by atoms with E-state index in [4.69, 9.17) is 9.47 Å². The van der Waals surface area contributed by atoms with Gasteiger partial charge in [-0.15, -0.1) is 0 Å². The second-order valence-electron chi connectivity index (χ2n) is 8.12. The van der Waals surface area contributed by atoms with E-state index in [-0.39, 0.29) is 41.9 Å². The van der Waals surface area contributed by atoms with Gasteiger partial charge in [0.15, 0.2) is 5.75 Å². The Bertz CT molecular complexity index is 1010. The molecule has 1 aromatic heterocycles. The van der Waals surface area contributed by atoms with Crippen LogP contribution in [0, 0.1) is 5.82 Å². The number of carbonyl (C=O) groups is 1. The topological polar surface area (TPSA) is 69.6 Å². The fraction of sp³-hybridized carbons (Fsp3) is 0.500. The number of nitrogens with one attached hydrogen (secondary N) is 1. The number of halogens is 1. The second-order valence-corrected chi connectivity index (χ2v) is 8.12. The molecule has 0 amide bonds. The van der Waals surface area contributed by atoms with Crippen LogP contribution >= 0.6 is 0 Å². The third-order valence-electron chi connectivity index (χ3n) is 5.49. The van der Waals surface area contributed by atoms with Crippen LogP contribution in [-0.4, -0.2) is 29.8 Å². The molecule has 0 aliphatic heterocycles. The zero-order chi connectivity index (χ0) is 22.4. The molecule has 3 rings (SSSR count). The third kappa shape index (κ3) is 5.66. The van der Waals surface area contributed by atoms with Gasteiger partial charge in [0.05, 0.1) is 29.4 Å². The molecule has 1 fully saturated rings. The van der Waals surface area contributed by atoms with E-state index < -0.39 is 11.8 Å². The van der Waals surface area contributed by atoms with Crippen molar-refractivity contribution in [1.29, 1.82) is 0 Å². The molecule has 0 radical (unpaired) electrons. The molecule has 0 saturated heterocycles. The zero-order valence-corrected chi connectivity index (χ0v) is 18.4. The number of benzene rings is 1. The van der Waals surface area contributed by atoms with E-state index in [0.29, 0.717) is 11.2 Å². The Hall–Kier alpha value is -2.83. The van der Waals surface area contributed by atoms with Gasteiger partial charge >= 0.3 is 5.97 Å². The van der Waals surface area contributed by atoms with Crippen LogP contribution in [0.3, 0.4) is 0 Å². The van der Waals surface area contributed by atoms with Crippen molar-refractivity contribution in [1.82, 2.24) is 4.57 Å². The first kappa shape index (κ1) is 22.8. The summed E-state index contributed by atoms with van der Waals surface area (Å²) in [6.45, 7) is 6.03. The summed E-state index contributed by atoms with van der Waals surface area (Å²) >= 11 is 0. The number of pyridine rings is 1. The van der Waals surface area contributed by atoms with Crippen LogP contribution in [0.4, 0.5) is 10.1 Å². The van der Waals surface area contributed by atoms with Crippen LogP contribution in [0.15, 0.2) is 35.3 Å². The average molecular weight is 431 g/mol. The predicted molar refractivity (Wildman–Crippen MR) is 120 cm³/mol. The molecule has 1 heterocycles. The van der Waals surface area contributed by atoms with Crippen molar-refractivity contribution in [2.24, 2.45) is 0 Å². The van der Waals surface area contributed by atoms with Gasteiger partial charge in [0, 0.05) is 18.2 Å². The predicted octanol–water partition coefficient (Wildman–Crippen LogP) is 4.96. The van der Waals surface area contributed by atoms with Crippen LogP contribution in [0.25, 0.3) is 10.9 Å². The molecule has 1 N–H and O–H groups in total. The molecular formula is C24H31FN2O4. The van der Waals surface area contributed by atoms with E-state index in [1.165, 1.54) is 24.6 Å². The number of hydrogen-bond donors (Lipinski definition) is 1. The lowest BCUT2D eigenvalue weighted by atomic mass is 9.95. The lowest BCUT2D eigenvalue weighted by Crippen LogP contribution is -2.23. The summed E-state index contributed by atoms with van der Waals surface area (Å²) in [7, 11) is 0. The smallest absolute Gasteiger partial charge is 0.330 e. The highest BCUT2D eigenvalue weighted by molar-refractivity contribution is 5.84. The summed E-state index contributed by atoms with van der Waals surface area (Å²) in [5.41, 5.74) is 0.716. The summed E-state index contributed by atoms with van der Waals surface area (Å²) < 4.78 is 27.2. The van der Waals surface area contributed by atoms with Crippen LogP contribution in [0.1, 0.15) is 58.9 Å². The van der Waals surface area contributed by atoms with Gasteiger partial charge in [-0.1, -0.05) is 19.3 Å². The van der Waals surface area contributed by atoms with Gasteiger partial charge in [-0.05, 0) is 51.8 Å². The number of esters is 1. The van der Waals surface area contributed by atoms with Gasteiger partial charge in [0.2, 0.25) is 5.43 Å². The maximum Gasteiger partial charge on any atom is 0.330 e. The Morgan fingerprint density at radius 3 is 2.71 bits per heavy atom. The van der Waals surface area contributed by atoms with Gasteiger partial charge in [-0.3, -0.25) is 4.79 Å². The van der Waals surface area contributed by atoms with Gasteiger partial charge in [-0.25, -0.2) is 9.18 Å². The Morgan fingerprint density at radius 2 is 2.03 bits per heavy atom. The summed E-state index contributed by atoms with van der Waals surface area (Å²) in [4.78, 5) is 24.3. The fourth-order valence-electron chi connectivity index (χ4n) is 3.92. The van der Waals surface area contributed by atoms with E-state index in [9.17, 15) is 14.0 Å². The normalized spacial score (nSPS) is 15.0. The van der Waals surface area contributed by atoms with Crippen LogP contribution in [0.2, 0.25) is 0 Å². The molecule has 0 bridgehead atoms. The first-order chi connectivity index (χ1) is 14.9. The van der Waals surface area contributed by atoms with E-state index >= 15 is 0 Å². The standard InChI is InChI=1S/C24H31FN2O4/c1-4-30-23(28)11-8-12-31-22-15-27(16(2)3)21-14-20(19(25)13-18(21)24(22)29)26-17-9-6-5-7-10-17/h8,11,13-17,26H,4-7,9-10,12H2,1-3H3. The molecule has 1 saturated carbocycles. The van der Waals surface area contributed by atoms with Crippen molar-refractivity contribution in [3.8, 4) is 5.75 Å². The maximum absolute atomic E-state index is 14.9. The number of aromatic nitrogens is 1. The Labute approximate surface area is 182 Å². The average Bonchev–Trinajstić information content (AvgIpc) is 2.74. The Morgan fingerprint density at radius 1 is 1.29 bits per heavy atom. The highest BCUT2D eigenvalue weighted by Crippen LogP contribution is 2.28. The van der Waals surface area contributed by atoms with Gasteiger partial charge < -0.3 is 19.4 Å². The molecule has 7 heteroatoms. The van der Waals surface area contributed by atoms with E-state index in [1.807, 2.05) is 18.4 Å². The number of rotatable bonds is 8.